The van der Waals surface area contributed by atoms with E-state index in [1.165, 1.54) is 42.8 Å². The molecule has 0 amide bonds. The van der Waals surface area contributed by atoms with Gasteiger partial charge in [0.2, 0.25) is 0 Å². The van der Waals surface area contributed by atoms with E-state index in [2.05, 4.69) is 64.1 Å². The average molecular weight is 485 g/mol. The third-order valence-corrected chi connectivity index (χ3v) is 9.46. The molecular formula is C29H28N2OS2. The van der Waals surface area contributed by atoms with Gasteiger partial charge in [-0.2, -0.15) is 0 Å². The van der Waals surface area contributed by atoms with Gasteiger partial charge in [-0.15, -0.1) is 22.7 Å². The van der Waals surface area contributed by atoms with Gasteiger partial charge in [-0.05, 0) is 66.6 Å². The molecule has 0 saturated carbocycles. The minimum atomic E-state index is 0.212. The number of fused-ring (bicyclic) bond motifs is 5. The van der Waals surface area contributed by atoms with Crippen molar-refractivity contribution in [1.82, 2.24) is 9.97 Å². The van der Waals surface area contributed by atoms with Crippen LogP contribution in [-0.2, 0) is 6.42 Å². The summed E-state index contributed by atoms with van der Waals surface area (Å²) in [6.07, 6.45) is 3.34. The molecule has 6 rings (SSSR count). The SMILES string of the molecule is CCCCc1c(C)c(C)c(OC)c2c1-c1nc3c(cccc3s1)C(C)c1cccc3sc-2nc13. The molecule has 172 valence electrons. The van der Waals surface area contributed by atoms with Crippen LogP contribution < -0.4 is 4.74 Å². The zero-order chi connectivity index (χ0) is 23.6. The summed E-state index contributed by atoms with van der Waals surface area (Å²) in [5.74, 6) is 1.14. The van der Waals surface area contributed by atoms with Crippen LogP contribution in [0.4, 0.5) is 0 Å². The van der Waals surface area contributed by atoms with E-state index in [0.29, 0.717) is 0 Å². The van der Waals surface area contributed by atoms with Crippen molar-refractivity contribution in [3.05, 3.63) is 64.2 Å². The summed E-state index contributed by atoms with van der Waals surface area (Å²) in [7, 11) is 1.79. The van der Waals surface area contributed by atoms with Crippen molar-refractivity contribution in [3.63, 3.8) is 0 Å². The van der Waals surface area contributed by atoms with Crippen LogP contribution in [0.5, 0.6) is 5.75 Å². The molecule has 0 saturated heterocycles. The Morgan fingerprint density at radius 3 is 2.00 bits per heavy atom. The predicted molar refractivity (Wildman–Crippen MR) is 146 cm³/mol. The van der Waals surface area contributed by atoms with Crippen LogP contribution in [-0.4, -0.2) is 17.1 Å². The fourth-order valence-corrected chi connectivity index (χ4v) is 7.55. The Bertz CT molecular complexity index is 1580. The van der Waals surface area contributed by atoms with E-state index < -0.39 is 0 Å². The molecule has 3 aromatic carbocycles. The number of rotatable bonds is 4. The molecule has 0 aliphatic carbocycles. The van der Waals surface area contributed by atoms with Gasteiger partial charge in [0.1, 0.15) is 15.8 Å². The van der Waals surface area contributed by atoms with Crippen molar-refractivity contribution in [2.24, 2.45) is 0 Å². The maximum absolute atomic E-state index is 6.11. The van der Waals surface area contributed by atoms with Crippen LogP contribution in [0.25, 0.3) is 41.6 Å². The lowest BCUT2D eigenvalue weighted by atomic mass is 9.89. The van der Waals surface area contributed by atoms with Crippen molar-refractivity contribution in [2.45, 2.75) is 52.9 Å². The Balaban J connectivity index is 1.85. The second kappa shape index (κ2) is 8.17. The zero-order valence-electron chi connectivity index (χ0n) is 20.3. The number of thiazole rings is 2. The van der Waals surface area contributed by atoms with E-state index in [-0.39, 0.29) is 5.92 Å². The summed E-state index contributed by atoms with van der Waals surface area (Å²) in [5, 5.41) is 2.11. The Morgan fingerprint density at radius 1 is 0.853 bits per heavy atom. The van der Waals surface area contributed by atoms with E-state index in [0.717, 1.165) is 51.6 Å². The highest BCUT2D eigenvalue weighted by atomic mass is 32.1. The molecule has 0 N–H and O–H groups in total. The Hall–Kier alpha value is -2.76. The second-order valence-corrected chi connectivity index (χ2v) is 11.3. The van der Waals surface area contributed by atoms with Crippen LogP contribution in [0.1, 0.15) is 60.4 Å². The number of ether oxygens (including phenoxy) is 1. The predicted octanol–water partition coefficient (Wildman–Crippen LogP) is 8.67. The molecule has 2 aromatic heterocycles. The maximum atomic E-state index is 6.11. The molecule has 4 bridgehead atoms. The number of benzene rings is 3. The van der Waals surface area contributed by atoms with Crippen molar-refractivity contribution in [3.8, 4) is 26.9 Å². The van der Waals surface area contributed by atoms with Crippen LogP contribution in [0, 0.1) is 13.8 Å². The summed E-state index contributed by atoms with van der Waals surface area (Å²) in [6.45, 7) is 8.97. The number of nitrogens with zero attached hydrogens (tertiary/aromatic N) is 2. The highest BCUT2D eigenvalue weighted by molar-refractivity contribution is 7.22. The first kappa shape index (κ1) is 21.8. The largest absolute Gasteiger partial charge is 0.496 e. The number of methoxy groups -OCH3 is 1. The minimum Gasteiger partial charge on any atom is -0.496 e. The van der Waals surface area contributed by atoms with Crippen LogP contribution in [0.3, 0.4) is 0 Å². The van der Waals surface area contributed by atoms with Crippen molar-refractivity contribution < 1.29 is 4.74 Å². The summed E-state index contributed by atoms with van der Waals surface area (Å²) in [6, 6.07) is 13.2. The van der Waals surface area contributed by atoms with Crippen LogP contribution >= 0.6 is 22.7 Å². The number of unbranched alkanes of at least 4 members (excludes halogenated alkanes) is 1. The highest BCUT2D eigenvalue weighted by Crippen LogP contribution is 2.51. The molecule has 5 aromatic rings. The number of para-hydroxylation sites is 2. The van der Waals surface area contributed by atoms with Gasteiger partial charge in [0.05, 0.1) is 33.1 Å². The Kier molecular flexibility index (Phi) is 5.23. The van der Waals surface area contributed by atoms with E-state index in [1.54, 1.807) is 29.8 Å². The molecule has 1 atom stereocenters. The van der Waals surface area contributed by atoms with Crippen LogP contribution in [0.2, 0.25) is 0 Å². The van der Waals surface area contributed by atoms with Gasteiger partial charge in [-0.1, -0.05) is 44.5 Å². The molecule has 0 fully saturated rings. The van der Waals surface area contributed by atoms with Gasteiger partial charge in [-0.25, -0.2) is 9.97 Å². The van der Waals surface area contributed by atoms with Crippen molar-refractivity contribution in [2.75, 3.05) is 7.11 Å². The molecule has 3 heterocycles. The molecule has 34 heavy (non-hydrogen) atoms. The quantitative estimate of drug-likeness (QED) is 0.256. The van der Waals surface area contributed by atoms with Gasteiger partial charge in [0, 0.05) is 11.5 Å². The first-order valence-corrected chi connectivity index (χ1v) is 13.7. The molecule has 1 aliphatic heterocycles. The number of hydrogen-bond donors (Lipinski definition) is 0. The summed E-state index contributed by atoms with van der Waals surface area (Å²) >= 11 is 3.57. The van der Waals surface area contributed by atoms with Gasteiger partial charge in [0.15, 0.2) is 0 Å². The summed E-state index contributed by atoms with van der Waals surface area (Å²) in [4.78, 5) is 10.6. The fourth-order valence-electron chi connectivity index (χ4n) is 5.42. The smallest absolute Gasteiger partial charge is 0.133 e. The molecule has 1 unspecified atom stereocenters. The minimum absolute atomic E-state index is 0.212. The average Bonchev–Trinajstić information content (AvgIpc) is 3.47. The third kappa shape index (κ3) is 3.06. The Labute approximate surface area is 208 Å². The van der Waals surface area contributed by atoms with E-state index in [4.69, 9.17) is 14.7 Å². The maximum Gasteiger partial charge on any atom is 0.133 e. The zero-order valence-corrected chi connectivity index (χ0v) is 21.9. The first-order chi connectivity index (χ1) is 16.5. The van der Waals surface area contributed by atoms with Crippen molar-refractivity contribution >= 4 is 43.1 Å². The summed E-state index contributed by atoms with van der Waals surface area (Å²) in [5.41, 5.74) is 11.0. The van der Waals surface area contributed by atoms with E-state index >= 15 is 0 Å². The number of hydrogen-bond acceptors (Lipinski definition) is 5. The van der Waals surface area contributed by atoms with E-state index in [9.17, 15) is 0 Å². The molecule has 5 heteroatoms. The topological polar surface area (TPSA) is 35.0 Å². The lowest BCUT2D eigenvalue weighted by molar-refractivity contribution is 0.413. The lowest BCUT2D eigenvalue weighted by Gasteiger charge is -2.21. The summed E-state index contributed by atoms with van der Waals surface area (Å²) < 4.78 is 8.58. The second-order valence-electron chi connectivity index (χ2n) is 9.26. The fraction of sp³-hybridized carbons (Fsp3) is 0.310. The molecule has 1 aliphatic rings. The standard InChI is InChI=1S/C29H28N2OS2/c1-6-7-10-18-15(2)16(3)27(32-5)24-23(18)28-30-25-19(11-8-13-21(25)33-28)17(4)20-12-9-14-22-26(20)31-29(24)34-22/h8-9,11-14,17H,6-7,10H2,1-5H3. The monoisotopic (exact) mass is 484 g/mol. The van der Waals surface area contributed by atoms with Crippen LogP contribution in [0.15, 0.2) is 36.4 Å². The molecular weight excluding hydrogens is 456 g/mol. The molecule has 0 radical (unpaired) electrons. The van der Waals surface area contributed by atoms with Crippen molar-refractivity contribution in [1.29, 1.82) is 0 Å². The van der Waals surface area contributed by atoms with Gasteiger partial charge in [0.25, 0.3) is 0 Å². The number of aromatic nitrogens is 2. The first-order valence-electron chi connectivity index (χ1n) is 12.0. The van der Waals surface area contributed by atoms with Gasteiger partial charge in [-0.3, -0.25) is 0 Å². The molecule has 0 spiro atoms. The third-order valence-electron chi connectivity index (χ3n) is 7.38. The van der Waals surface area contributed by atoms with Gasteiger partial charge >= 0.3 is 0 Å². The molecule has 3 nitrogen and oxygen atoms in total. The normalized spacial score (nSPS) is 14.7. The van der Waals surface area contributed by atoms with E-state index in [1.807, 2.05) is 0 Å². The highest BCUT2D eigenvalue weighted by Gasteiger charge is 2.29. The Morgan fingerprint density at radius 2 is 1.44 bits per heavy atom. The lowest BCUT2D eigenvalue weighted by Crippen LogP contribution is -2.04. The van der Waals surface area contributed by atoms with Gasteiger partial charge < -0.3 is 4.74 Å².